The van der Waals surface area contributed by atoms with Crippen LogP contribution in [-0.2, 0) is 5.60 Å². The van der Waals surface area contributed by atoms with Crippen LogP contribution in [-0.4, -0.2) is 10.1 Å². The first-order chi connectivity index (χ1) is 4.67. The fourth-order valence-corrected chi connectivity index (χ4v) is 1.18. The molecule has 1 heterocycles. The maximum absolute atomic E-state index is 9.39. The van der Waals surface area contributed by atoms with Crippen molar-refractivity contribution in [2.24, 2.45) is 0 Å². The molecule has 0 radical (unpaired) electrons. The Labute approximate surface area is 63.5 Å². The van der Waals surface area contributed by atoms with E-state index in [9.17, 15) is 5.11 Å². The first-order valence-electron chi connectivity index (χ1n) is 2.75. The second kappa shape index (κ2) is 2.41. The van der Waals surface area contributed by atoms with Crippen molar-refractivity contribution in [1.82, 2.24) is 4.98 Å². The third-order valence-corrected chi connectivity index (χ3v) is 1.80. The van der Waals surface area contributed by atoms with E-state index in [0.29, 0.717) is 5.69 Å². The van der Waals surface area contributed by atoms with Crippen molar-refractivity contribution in [1.29, 1.82) is 0 Å². The quantitative estimate of drug-likeness (QED) is 0.610. The van der Waals surface area contributed by atoms with Crippen molar-refractivity contribution in [2.75, 3.05) is 0 Å². The Morgan fingerprint density at radius 3 is 3.00 bits per heavy atom. The number of hydrogen-bond acceptors (Lipinski definition) is 3. The van der Waals surface area contributed by atoms with E-state index >= 15 is 0 Å². The van der Waals surface area contributed by atoms with Crippen LogP contribution in [0.5, 0.6) is 0 Å². The molecule has 52 valence electrons. The van der Waals surface area contributed by atoms with Crippen molar-refractivity contribution in [3.05, 3.63) is 16.6 Å². The molecule has 0 saturated heterocycles. The maximum atomic E-state index is 9.39. The largest absolute Gasteiger partial charge is 0.372 e. The normalized spacial score (nSPS) is 15.7. The molecule has 10 heavy (non-hydrogen) atoms. The van der Waals surface area contributed by atoms with Crippen LogP contribution in [0.3, 0.4) is 0 Å². The number of aliphatic hydroxyl groups is 1. The highest BCUT2D eigenvalue weighted by atomic mass is 32.1. The molecule has 0 bridgehead atoms. The lowest BCUT2D eigenvalue weighted by atomic mass is 10.1. The molecule has 1 aromatic heterocycles. The zero-order chi connectivity index (χ0) is 7.61. The van der Waals surface area contributed by atoms with Gasteiger partial charge in [0, 0.05) is 5.38 Å². The second-order valence-electron chi connectivity index (χ2n) is 2.09. The minimum Gasteiger partial charge on any atom is -0.372 e. The van der Waals surface area contributed by atoms with Crippen LogP contribution in [0.4, 0.5) is 0 Å². The van der Waals surface area contributed by atoms with Gasteiger partial charge in [-0.25, -0.2) is 4.98 Å². The fraction of sp³-hybridized carbons (Fsp3) is 0.286. The number of rotatable bonds is 1. The summed E-state index contributed by atoms with van der Waals surface area (Å²) in [6.07, 6.45) is 5.06. The van der Waals surface area contributed by atoms with E-state index in [1.54, 1.807) is 17.8 Å². The van der Waals surface area contributed by atoms with E-state index < -0.39 is 5.60 Å². The molecule has 1 atom stereocenters. The Balaban J connectivity index is 2.99. The lowest BCUT2D eigenvalue weighted by Gasteiger charge is -2.11. The van der Waals surface area contributed by atoms with E-state index in [1.807, 2.05) is 0 Å². The van der Waals surface area contributed by atoms with E-state index in [2.05, 4.69) is 10.9 Å². The number of hydrogen-bond donors (Lipinski definition) is 1. The summed E-state index contributed by atoms with van der Waals surface area (Å²) in [4.78, 5) is 3.88. The van der Waals surface area contributed by atoms with Gasteiger partial charge in [-0.3, -0.25) is 0 Å². The van der Waals surface area contributed by atoms with Crippen LogP contribution in [0, 0.1) is 12.3 Å². The average molecular weight is 153 g/mol. The molecular weight excluding hydrogens is 146 g/mol. The van der Waals surface area contributed by atoms with Crippen LogP contribution in [0.25, 0.3) is 0 Å². The summed E-state index contributed by atoms with van der Waals surface area (Å²) in [5.74, 6) is 2.24. The van der Waals surface area contributed by atoms with Crippen molar-refractivity contribution in [3.8, 4) is 12.3 Å². The Morgan fingerprint density at radius 1 is 1.90 bits per heavy atom. The molecule has 0 unspecified atom stereocenters. The third-order valence-electron chi connectivity index (χ3n) is 1.21. The predicted octanol–water partition coefficient (Wildman–Crippen LogP) is 0.984. The van der Waals surface area contributed by atoms with Crippen LogP contribution in [0.15, 0.2) is 10.9 Å². The van der Waals surface area contributed by atoms with Gasteiger partial charge in [0.15, 0.2) is 5.60 Å². The number of terminal acetylenes is 1. The molecule has 2 nitrogen and oxygen atoms in total. The summed E-state index contributed by atoms with van der Waals surface area (Å²) in [6, 6.07) is 0. The molecular formula is C7H7NOS. The van der Waals surface area contributed by atoms with Crippen molar-refractivity contribution in [3.63, 3.8) is 0 Å². The highest BCUT2D eigenvalue weighted by molar-refractivity contribution is 7.07. The molecule has 0 aliphatic heterocycles. The molecule has 0 amide bonds. The van der Waals surface area contributed by atoms with Gasteiger partial charge >= 0.3 is 0 Å². The molecule has 0 fully saturated rings. The minimum absolute atomic E-state index is 0.542. The number of nitrogens with zero attached hydrogens (tertiary/aromatic N) is 1. The Morgan fingerprint density at radius 2 is 2.60 bits per heavy atom. The first kappa shape index (κ1) is 7.26. The van der Waals surface area contributed by atoms with Gasteiger partial charge in [0.1, 0.15) is 0 Å². The zero-order valence-corrected chi connectivity index (χ0v) is 6.35. The summed E-state index contributed by atoms with van der Waals surface area (Å²) < 4.78 is 0. The van der Waals surface area contributed by atoms with Crippen molar-refractivity contribution >= 4 is 11.3 Å². The summed E-state index contributed by atoms with van der Waals surface area (Å²) >= 11 is 1.42. The van der Waals surface area contributed by atoms with Gasteiger partial charge in [-0.05, 0) is 6.92 Å². The molecule has 1 rings (SSSR count). The first-order valence-corrected chi connectivity index (χ1v) is 3.70. The molecule has 0 saturated carbocycles. The average Bonchev–Trinajstić information content (AvgIpc) is 2.38. The summed E-state index contributed by atoms with van der Waals surface area (Å²) in [5, 5.41) is 11.1. The van der Waals surface area contributed by atoms with E-state index in [4.69, 9.17) is 6.42 Å². The van der Waals surface area contributed by atoms with Gasteiger partial charge in [0.05, 0.1) is 11.2 Å². The van der Waals surface area contributed by atoms with E-state index in [-0.39, 0.29) is 0 Å². The highest BCUT2D eigenvalue weighted by Gasteiger charge is 2.20. The molecule has 0 aliphatic carbocycles. The van der Waals surface area contributed by atoms with Crippen LogP contribution < -0.4 is 0 Å². The van der Waals surface area contributed by atoms with E-state index in [1.165, 1.54) is 11.3 Å². The van der Waals surface area contributed by atoms with Crippen LogP contribution >= 0.6 is 11.3 Å². The Kier molecular flexibility index (Phi) is 1.75. The molecule has 1 N–H and O–H groups in total. The predicted molar refractivity (Wildman–Crippen MR) is 40.5 cm³/mol. The van der Waals surface area contributed by atoms with Gasteiger partial charge < -0.3 is 5.11 Å². The second-order valence-corrected chi connectivity index (χ2v) is 2.81. The Bertz CT molecular complexity index is 245. The minimum atomic E-state index is -1.21. The smallest absolute Gasteiger partial charge is 0.165 e. The van der Waals surface area contributed by atoms with Gasteiger partial charge in [-0.15, -0.1) is 17.8 Å². The summed E-state index contributed by atoms with van der Waals surface area (Å²) in [6.45, 7) is 1.54. The molecule has 0 aromatic carbocycles. The van der Waals surface area contributed by atoms with Crippen molar-refractivity contribution < 1.29 is 5.11 Å². The number of thiazole rings is 1. The van der Waals surface area contributed by atoms with Gasteiger partial charge in [0.25, 0.3) is 0 Å². The van der Waals surface area contributed by atoms with E-state index in [0.717, 1.165) is 0 Å². The zero-order valence-electron chi connectivity index (χ0n) is 5.53. The van der Waals surface area contributed by atoms with Crippen LogP contribution in [0.2, 0.25) is 0 Å². The Hall–Kier alpha value is -0.850. The van der Waals surface area contributed by atoms with Gasteiger partial charge in [-0.1, -0.05) is 5.92 Å². The SMILES string of the molecule is C#C[C@@](C)(O)c1cscn1. The lowest BCUT2D eigenvalue weighted by molar-refractivity contribution is 0.118. The van der Waals surface area contributed by atoms with Crippen LogP contribution in [0.1, 0.15) is 12.6 Å². The molecule has 0 aliphatic rings. The van der Waals surface area contributed by atoms with Gasteiger partial charge in [-0.2, -0.15) is 0 Å². The third kappa shape index (κ3) is 1.18. The molecule has 3 heteroatoms. The summed E-state index contributed by atoms with van der Waals surface area (Å²) in [5.41, 5.74) is 0.973. The molecule has 1 aromatic rings. The maximum Gasteiger partial charge on any atom is 0.165 e. The highest BCUT2D eigenvalue weighted by Crippen LogP contribution is 2.18. The lowest BCUT2D eigenvalue weighted by Crippen LogP contribution is -2.18. The summed E-state index contributed by atoms with van der Waals surface area (Å²) in [7, 11) is 0. The molecule has 0 spiro atoms. The topological polar surface area (TPSA) is 33.1 Å². The monoisotopic (exact) mass is 153 g/mol. The standard InChI is InChI=1S/C7H7NOS/c1-3-7(2,9)6-4-10-5-8-6/h1,4-5,9H,2H3/t7-/m1/s1. The van der Waals surface area contributed by atoms with Crippen molar-refractivity contribution in [2.45, 2.75) is 12.5 Å². The fourth-order valence-electron chi connectivity index (χ4n) is 0.527. The number of aromatic nitrogens is 1. The van der Waals surface area contributed by atoms with Gasteiger partial charge in [0.2, 0.25) is 0 Å².